The molecule has 0 unspecified atom stereocenters. The average Bonchev–Trinajstić information content (AvgIpc) is 1.50. The van der Waals surface area contributed by atoms with E-state index in [4.69, 9.17) is 10.2 Å². The summed E-state index contributed by atoms with van der Waals surface area (Å²) in [5, 5.41) is 14.0. The molecule has 0 bridgehead atoms. The number of hydrogen-bond acceptors (Lipinski definition) is 2. The maximum atomic E-state index is 7.00. The van der Waals surface area contributed by atoms with Crippen LogP contribution in [0.3, 0.4) is 0 Å². The molecule has 0 saturated carbocycles. The quantitative estimate of drug-likeness (QED) is 0.596. The van der Waals surface area contributed by atoms with Crippen LogP contribution in [0.25, 0.3) is 0 Å². The predicted molar refractivity (Wildman–Crippen MR) is 16.3 cm³/mol. The SMILES string of the molecule is CO.CO.[Ir]. The standard InChI is InChI=1S/2CH4O.Ir/c2*1-2;/h2*2H,1H3;. The summed E-state index contributed by atoms with van der Waals surface area (Å²) in [6.45, 7) is 0. The zero-order valence-electron chi connectivity index (χ0n) is 3.23. The van der Waals surface area contributed by atoms with E-state index in [-0.39, 0.29) is 20.1 Å². The first kappa shape index (κ1) is 17.6. The Balaban J connectivity index is -0.0000000133. The Hall–Kier alpha value is 0.569. The molecule has 0 aromatic rings. The monoisotopic (exact) mass is 257 g/mol. The molecule has 0 amide bonds. The van der Waals surface area contributed by atoms with Gasteiger partial charge in [0.25, 0.3) is 0 Å². The van der Waals surface area contributed by atoms with E-state index >= 15 is 0 Å². The first-order chi connectivity index (χ1) is 2.00. The van der Waals surface area contributed by atoms with E-state index in [9.17, 15) is 0 Å². The molecule has 1 radical (unpaired) electrons. The van der Waals surface area contributed by atoms with Crippen molar-refractivity contribution in [1.29, 1.82) is 0 Å². The minimum atomic E-state index is 0. The van der Waals surface area contributed by atoms with Gasteiger partial charge in [-0.2, -0.15) is 0 Å². The molecule has 0 fully saturated rings. The molecule has 3 heteroatoms. The molecule has 5 heavy (non-hydrogen) atoms. The van der Waals surface area contributed by atoms with Gasteiger partial charge in [0.2, 0.25) is 0 Å². The van der Waals surface area contributed by atoms with Crippen LogP contribution in [0.5, 0.6) is 0 Å². The van der Waals surface area contributed by atoms with E-state index in [0.717, 1.165) is 14.2 Å². The van der Waals surface area contributed by atoms with Crippen molar-refractivity contribution in [2.75, 3.05) is 14.2 Å². The third kappa shape index (κ3) is 93.1. The second kappa shape index (κ2) is 180. The summed E-state index contributed by atoms with van der Waals surface area (Å²) in [6, 6.07) is 0. The fourth-order valence-electron chi connectivity index (χ4n) is 0. The Labute approximate surface area is 45.2 Å². The van der Waals surface area contributed by atoms with Crippen LogP contribution >= 0.6 is 0 Å². The predicted octanol–water partition coefficient (Wildman–Crippen LogP) is -0.786. The van der Waals surface area contributed by atoms with Crippen LogP contribution in [0, 0.1) is 0 Å². The van der Waals surface area contributed by atoms with Crippen molar-refractivity contribution in [3.8, 4) is 0 Å². The second-order valence-corrected chi connectivity index (χ2v) is 0. The summed E-state index contributed by atoms with van der Waals surface area (Å²) in [4.78, 5) is 0. The van der Waals surface area contributed by atoms with Gasteiger partial charge in [0.15, 0.2) is 0 Å². The van der Waals surface area contributed by atoms with Gasteiger partial charge in [-0.25, -0.2) is 0 Å². The van der Waals surface area contributed by atoms with E-state index < -0.39 is 0 Å². The van der Waals surface area contributed by atoms with Gasteiger partial charge >= 0.3 is 0 Å². The Morgan fingerprint density at radius 2 is 0.800 bits per heavy atom. The minimum Gasteiger partial charge on any atom is -0.400 e. The van der Waals surface area contributed by atoms with Crippen LogP contribution in [0.1, 0.15) is 0 Å². The maximum absolute atomic E-state index is 7.00. The van der Waals surface area contributed by atoms with Crippen LogP contribution in [0.2, 0.25) is 0 Å². The molecule has 0 aliphatic carbocycles. The van der Waals surface area contributed by atoms with Gasteiger partial charge in [0, 0.05) is 34.3 Å². The second-order valence-electron chi connectivity index (χ2n) is 0. The van der Waals surface area contributed by atoms with Crippen LogP contribution in [-0.4, -0.2) is 24.4 Å². The molecule has 0 saturated heterocycles. The van der Waals surface area contributed by atoms with Crippen molar-refractivity contribution in [1.82, 2.24) is 0 Å². The molecule has 0 aromatic heterocycles. The molecular formula is C2H8IrO2. The van der Waals surface area contributed by atoms with E-state index in [1.54, 1.807) is 0 Å². The average molecular weight is 256 g/mol. The smallest absolute Gasteiger partial charge is 0.0319 e. The molecule has 0 atom stereocenters. The molecular weight excluding hydrogens is 248 g/mol. The summed E-state index contributed by atoms with van der Waals surface area (Å²) in [5.41, 5.74) is 0. The van der Waals surface area contributed by atoms with Crippen LogP contribution in [-0.2, 0) is 20.1 Å². The Bertz CT molecular complexity index is 7.61. The van der Waals surface area contributed by atoms with Crippen LogP contribution in [0.4, 0.5) is 0 Å². The number of rotatable bonds is 0. The molecule has 2 nitrogen and oxygen atoms in total. The zero-order chi connectivity index (χ0) is 4.00. The molecule has 0 heterocycles. The van der Waals surface area contributed by atoms with E-state index in [2.05, 4.69) is 0 Å². The van der Waals surface area contributed by atoms with Gasteiger partial charge in [-0.05, 0) is 0 Å². The van der Waals surface area contributed by atoms with Gasteiger partial charge in [-0.1, -0.05) is 0 Å². The van der Waals surface area contributed by atoms with Crippen molar-refractivity contribution in [2.24, 2.45) is 0 Å². The number of aliphatic hydroxyl groups excluding tert-OH is 2. The Morgan fingerprint density at radius 1 is 0.800 bits per heavy atom. The summed E-state index contributed by atoms with van der Waals surface area (Å²) in [5.74, 6) is 0. The molecule has 0 aromatic carbocycles. The van der Waals surface area contributed by atoms with Crippen LogP contribution in [0.15, 0.2) is 0 Å². The first-order valence-electron chi connectivity index (χ1n) is 0.894. The van der Waals surface area contributed by atoms with Crippen molar-refractivity contribution >= 4 is 0 Å². The Morgan fingerprint density at radius 3 is 0.800 bits per heavy atom. The third-order valence-electron chi connectivity index (χ3n) is 0. The topological polar surface area (TPSA) is 40.5 Å². The summed E-state index contributed by atoms with van der Waals surface area (Å²) < 4.78 is 0. The van der Waals surface area contributed by atoms with E-state index in [1.807, 2.05) is 0 Å². The number of aliphatic hydroxyl groups is 2. The zero-order valence-corrected chi connectivity index (χ0v) is 5.62. The third-order valence-corrected chi connectivity index (χ3v) is 0. The molecule has 0 rings (SSSR count). The Kier molecular flexibility index (Phi) is 633. The van der Waals surface area contributed by atoms with E-state index in [1.165, 1.54) is 0 Å². The summed E-state index contributed by atoms with van der Waals surface area (Å²) in [7, 11) is 2.00. The van der Waals surface area contributed by atoms with Crippen molar-refractivity contribution < 1.29 is 30.3 Å². The van der Waals surface area contributed by atoms with Crippen LogP contribution < -0.4 is 0 Å². The van der Waals surface area contributed by atoms with E-state index in [0.29, 0.717) is 0 Å². The van der Waals surface area contributed by atoms with Gasteiger partial charge in [-0.15, -0.1) is 0 Å². The van der Waals surface area contributed by atoms with Gasteiger partial charge in [0.05, 0.1) is 0 Å². The van der Waals surface area contributed by atoms with Crippen molar-refractivity contribution in [3.63, 3.8) is 0 Å². The summed E-state index contributed by atoms with van der Waals surface area (Å²) >= 11 is 0. The minimum absolute atomic E-state index is 0. The normalized spacial score (nSPS) is 2.40. The van der Waals surface area contributed by atoms with Crippen molar-refractivity contribution in [2.45, 2.75) is 0 Å². The number of hydrogen-bond donors (Lipinski definition) is 2. The molecule has 37 valence electrons. The maximum Gasteiger partial charge on any atom is 0.0319 e. The fraction of sp³-hybridized carbons (Fsp3) is 1.00. The summed E-state index contributed by atoms with van der Waals surface area (Å²) in [6.07, 6.45) is 0. The molecule has 2 N–H and O–H groups in total. The van der Waals surface area contributed by atoms with Gasteiger partial charge in [-0.3, -0.25) is 0 Å². The molecule has 0 aliphatic heterocycles. The van der Waals surface area contributed by atoms with Gasteiger partial charge < -0.3 is 10.2 Å². The molecule has 0 aliphatic rings. The van der Waals surface area contributed by atoms with Gasteiger partial charge in [0.1, 0.15) is 0 Å². The fourth-order valence-corrected chi connectivity index (χ4v) is 0. The first-order valence-corrected chi connectivity index (χ1v) is 0.894. The largest absolute Gasteiger partial charge is 0.400 e. The van der Waals surface area contributed by atoms with Crippen molar-refractivity contribution in [3.05, 3.63) is 0 Å². The molecule has 0 spiro atoms.